The molecule has 15 heavy (non-hydrogen) atoms. The van der Waals surface area contributed by atoms with Crippen LogP contribution in [0.25, 0.3) is 0 Å². The molecule has 0 aliphatic rings. The van der Waals surface area contributed by atoms with Gasteiger partial charge < -0.3 is 9.26 Å². The molecule has 0 fully saturated rings. The average molecular weight is 238 g/mol. The fraction of sp³-hybridized carbons (Fsp3) is 0.625. The third-order valence-electron chi connectivity index (χ3n) is 1.33. The van der Waals surface area contributed by atoms with E-state index in [4.69, 9.17) is 4.74 Å². The van der Waals surface area contributed by atoms with Crippen LogP contribution in [0.2, 0.25) is 0 Å². The number of carbonyl (C=O) groups is 1. The Hall–Kier alpha value is -0.840. The minimum absolute atomic E-state index is 0.242. The maximum absolute atomic E-state index is 11.4. The van der Waals surface area contributed by atoms with Gasteiger partial charge in [0.25, 0.3) is 0 Å². The molecule has 0 aromatic rings. The van der Waals surface area contributed by atoms with Gasteiger partial charge in [-0.1, -0.05) is 6.92 Å². The topological polar surface area (TPSA) is 71.1 Å². The lowest BCUT2D eigenvalue weighted by molar-refractivity contribution is -0.141. The van der Waals surface area contributed by atoms with Crippen molar-refractivity contribution in [1.29, 1.82) is 0 Å². The molecular formula is C8H15O6P. The van der Waals surface area contributed by atoms with E-state index in [0.29, 0.717) is 6.42 Å². The fourth-order valence-corrected chi connectivity index (χ4v) is 1.24. The quantitative estimate of drug-likeness (QED) is 0.292. The van der Waals surface area contributed by atoms with Crippen LogP contribution in [0.4, 0.5) is 0 Å². The van der Waals surface area contributed by atoms with Crippen molar-refractivity contribution in [2.45, 2.75) is 13.3 Å². The molecule has 0 rings (SSSR count). The number of phosphoric ester groups is 1. The van der Waals surface area contributed by atoms with Crippen LogP contribution in [-0.4, -0.2) is 26.8 Å². The van der Waals surface area contributed by atoms with Gasteiger partial charge in [-0.2, -0.15) is 0 Å². The predicted molar refractivity (Wildman–Crippen MR) is 53.1 cm³/mol. The molecule has 0 aromatic carbocycles. The second-order valence-electron chi connectivity index (χ2n) is 2.46. The smallest absolute Gasteiger partial charge is 0.460 e. The van der Waals surface area contributed by atoms with Crippen molar-refractivity contribution in [2.75, 3.05) is 20.8 Å². The molecule has 0 unspecified atom stereocenters. The minimum atomic E-state index is -3.72. The van der Waals surface area contributed by atoms with Crippen LogP contribution in [0, 0.1) is 0 Å². The zero-order valence-corrected chi connectivity index (χ0v) is 9.91. The summed E-state index contributed by atoms with van der Waals surface area (Å²) in [6.07, 6.45) is 0.672. The lowest BCUT2D eigenvalue weighted by Gasteiger charge is -2.14. The lowest BCUT2D eigenvalue weighted by Crippen LogP contribution is -2.10. The monoisotopic (exact) mass is 238 g/mol. The Labute approximate surface area is 88.8 Å². The maximum atomic E-state index is 11.4. The number of hydrogen-bond acceptors (Lipinski definition) is 6. The molecule has 0 bridgehead atoms. The first-order chi connectivity index (χ1) is 6.99. The van der Waals surface area contributed by atoms with Crippen LogP contribution >= 0.6 is 7.82 Å². The Kier molecular flexibility index (Phi) is 6.24. The molecule has 0 aliphatic heterocycles. The molecule has 6 nitrogen and oxygen atoms in total. The summed E-state index contributed by atoms with van der Waals surface area (Å²) in [4.78, 5) is 11.1. The van der Waals surface area contributed by atoms with Gasteiger partial charge in [0.2, 0.25) is 5.76 Å². The van der Waals surface area contributed by atoms with E-state index in [1.54, 1.807) is 0 Å². The van der Waals surface area contributed by atoms with Crippen molar-refractivity contribution in [1.82, 2.24) is 0 Å². The number of hydrogen-bond donors (Lipinski definition) is 0. The van der Waals surface area contributed by atoms with Crippen molar-refractivity contribution in [3.63, 3.8) is 0 Å². The molecule has 0 atom stereocenters. The van der Waals surface area contributed by atoms with E-state index in [9.17, 15) is 9.36 Å². The average Bonchev–Trinajstić information content (AvgIpc) is 2.25. The first kappa shape index (κ1) is 14.2. The molecule has 0 saturated heterocycles. The minimum Gasteiger partial charge on any atom is -0.460 e. The van der Waals surface area contributed by atoms with Crippen LogP contribution in [0.5, 0.6) is 0 Å². The molecule has 88 valence electrons. The highest BCUT2D eigenvalue weighted by atomic mass is 31.2. The molecule has 0 amide bonds. The van der Waals surface area contributed by atoms with E-state index < -0.39 is 19.6 Å². The number of esters is 1. The van der Waals surface area contributed by atoms with E-state index in [-0.39, 0.29) is 6.61 Å². The highest BCUT2D eigenvalue weighted by molar-refractivity contribution is 7.48. The van der Waals surface area contributed by atoms with Gasteiger partial charge in [-0.3, -0.25) is 9.05 Å². The van der Waals surface area contributed by atoms with Crippen molar-refractivity contribution >= 4 is 13.8 Å². The lowest BCUT2D eigenvalue weighted by atomic mass is 10.5. The van der Waals surface area contributed by atoms with Crippen molar-refractivity contribution in [3.8, 4) is 0 Å². The molecule has 0 aromatic heterocycles. The standard InChI is InChI=1S/C8H15O6P/c1-5-6-13-8(9)7(2)14-15(10,11-3)12-4/h2,5-6H2,1,3-4H3. The Bertz CT molecular complexity index is 266. The second-order valence-corrected chi connectivity index (χ2v) is 4.27. The van der Waals surface area contributed by atoms with E-state index >= 15 is 0 Å². The van der Waals surface area contributed by atoms with Crippen LogP contribution in [0.1, 0.15) is 13.3 Å². The molecule has 0 saturated carbocycles. The van der Waals surface area contributed by atoms with E-state index in [0.717, 1.165) is 14.2 Å². The van der Waals surface area contributed by atoms with Crippen molar-refractivity contribution in [3.05, 3.63) is 12.3 Å². The summed E-state index contributed by atoms with van der Waals surface area (Å²) in [5, 5.41) is 0. The highest BCUT2D eigenvalue weighted by Crippen LogP contribution is 2.49. The van der Waals surface area contributed by atoms with Crippen molar-refractivity contribution < 1.29 is 27.7 Å². The summed E-state index contributed by atoms with van der Waals surface area (Å²) < 4.78 is 29.6. The maximum Gasteiger partial charge on any atom is 0.529 e. The molecule has 0 aliphatic carbocycles. The van der Waals surface area contributed by atoms with Gasteiger partial charge in [-0.15, -0.1) is 0 Å². The summed E-state index contributed by atoms with van der Waals surface area (Å²) in [5.74, 6) is -1.19. The van der Waals surface area contributed by atoms with Gasteiger partial charge in [0.1, 0.15) is 0 Å². The second kappa shape index (κ2) is 6.61. The van der Waals surface area contributed by atoms with Crippen LogP contribution in [0.15, 0.2) is 12.3 Å². The zero-order valence-electron chi connectivity index (χ0n) is 9.02. The normalized spacial score (nSPS) is 10.9. The summed E-state index contributed by atoms with van der Waals surface area (Å²) >= 11 is 0. The number of carbonyl (C=O) groups excluding carboxylic acids is 1. The van der Waals surface area contributed by atoms with E-state index in [1.807, 2.05) is 6.92 Å². The van der Waals surface area contributed by atoms with Crippen LogP contribution in [-0.2, 0) is 27.7 Å². The highest BCUT2D eigenvalue weighted by Gasteiger charge is 2.28. The molecule has 0 radical (unpaired) electrons. The number of ether oxygens (including phenoxy) is 1. The van der Waals surface area contributed by atoms with Gasteiger partial charge in [-0.05, 0) is 13.0 Å². The zero-order chi connectivity index (χ0) is 11.9. The summed E-state index contributed by atoms with van der Waals surface area (Å²) in [6.45, 7) is 5.34. The van der Waals surface area contributed by atoms with Gasteiger partial charge in [0.05, 0.1) is 6.61 Å². The largest absolute Gasteiger partial charge is 0.529 e. The first-order valence-corrected chi connectivity index (χ1v) is 5.72. The molecule has 7 heteroatoms. The molecule has 0 spiro atoms. The van der Waals surface area contributed by atoms with Gasteiger partial charge in [0, 0.05) is 14.2 Å². The van der Waals surface area contributed by atoms with Gasteiger partial charge in [0.15, 0.2) is 0 Å². The molecule has 0 N–H and O–H groups in total. The Morgan fingerprint density at radius 1 is 1.33 bits per heavy atom. The van der Waals surface area contributed by atoms with Crippen molar-refractivity contribution in [2.24, 2.45) is 0 Å². The summed E-state index contributed by atoms with van der Waals surface area (Å²) in [6, 6.07) is 0. The summed E-state index contributed by atoms with van der Waals surface area (Å²) in [5.41, 5.74) is 0. The van der Waals surface area contributed by atoms with Gasteiger partial charge in [-0.25, -0.2) is 9.36 Å². The number of rotatable bonds is 7. The first-order valence-electron chi connectivity index (χ1n) is 4.26. The predicted octanol–water partition coefficient (Wildman–Crippen LogP) is 1.87. The fourth-order valence-electron chi connectivity index (χ4n) is 0.597. The van der Waals surface area contributed by atoms with Crippen LogP contribution < -0.4 is 0 Å². The third kappa shape index (κ3) is 4.97. The Balaban J connectivity index is 4.23. The Morgan fingerprint density at radius 3 is 2.27 bits per heavy atom. The third-order valence-corrected chi connectivity index (χ3v) is 2.67. The van der Waals surface area contributed by atoms with E-state index in [1.165, 1.54) is 0 Å². The number of phosphoric acid groups is 1. The Morgan fingerprint density at radius 2 is 1.87 bits per heavy atom. The molecule has 0 heterocycles. The summed E-state index contributed by atoms with van der Waals surface area (Å²) in [7, 11) is -1.46. The van der Waals surface area contributed by atoms with E-state index in [2.05, 4.69) is 20.2 Å². The van der Waals surface area contributed by atoms with Crippen LogP contribution in [0.3, 0.4) is 0 Å². The SMILES string of the molecule is C=C(OP(=O)(OC)OC)C(=O)OCCC. The molecular weight excluding hydrogens is 223 g/mol. The van der Waals surface area contributed by atoms with Gasteiger partial charge >= 0.3 is 13.8 Å².